The number of aromatic hydroxyl groups is 1. The molecule has 1 aromatic rings. The minimum atomic E-state index is -0.182. The smallest absolute Gasteiger partial charge is 0.252 e. The fraction of sp³-hybridized carbons (Fsp3) is 0.500. The number of carbonyl (C=O) groups is 1. The Balaban J connectivity index is 2.21. The number of unbranched alkanes of at least 4 members (excludes halogenated alkanes) is 2. The Hall–Kier alpha value is -1.23. The fourth-order valence-electron chi connectivity index (χ4n) is 1.40. The van der Waals surface area contributed by atoms with E-state index in [9.17, 15) is 9.90 Å². The van der Waals surface area contributed by atoms with E-state index in [-0.39, 0.29) is 11.7 Å². The summed E-state index contributed by atoms with van der Waals surface area (Å²) in [4.78, 5) is 15.4. The minimum absolute atomic E-state index is 0.0117. The van der Waals surface area contributed by atoms with E-state index < -0.39 is 0 Å². The lowest BCUT2D eigenvalue weighted by molar-refractivity contribution is 0.0952. The maximum Gasteiger partial charge on any atom is 0.252 e. The maximum atomic E-state index is 11.6. The van der Waals surface area contributed by atoms with Crippen LogP contribution < -0.4 is 5.32 Å². The van der Waals surface area contributed by atoms with Crippen molar-refractivity contribution < 1.29 is 9.90 Å². The van der Waals surface area contributed by atoms with Crippen LogP contribution in [0.4, 0.5) is 0 Å². The zero-order valence-corrected chi connectivity index (χ0v) is 10.8. The molecule has 0 bridgehead atoms. The summed E-state index contributed by atoms with van der Waals surface area (Å²) in [6.07, 6.45) is 8.14. The van der Waals surface area contributed by atoms with Gasteiger partial charge in [0.1, 0.15) is 5.75 Å². The topological polar surface area (TPSA) is 62.2 Å². The Morgan fingerprint density at radius 3 is 2.94 bits per heavy atom. The molecule has 0 saturated carbocycles. The first-order valence-corrected chi connectivity index (χ1v) is 7.04. The molecule has 1 heterocycles. The molecule has 2 N–H and O–H groups in total. The molecule has 0 spiro atoms. The monoisotopic (exact) mass is 254 g/mol. The van der Waals surface area contributed by atoms with Gasteiger partial charge >= 0.3 is 0 Å². The van der Waals surface area contributed by atoms with E-state index in [1.54, 1.807) is 0 Å². The molecular formula is C12H18N2O2S. The number of amides is 1. The number of nitrogens with one attached hydrogen (secondary N) is 1. The van der Waals surface area contributed by atoms with Crippen molar-refractivity contribution in [1.29, 1.82) is 0 Å². The summed E-state index contributed by atoms with van der Waals surface area (Å²) in [5.74, 6) is 1.00. The fourth-order valence-corrected chi connectivity index (χ4v) is 1.90. The molecule has 1 aromatic heterocycles. The van der Waals surface area contributed by atoms with Crippen molar-refractivity contribution in [2.24, 2.45) is 0 Å². The number of thioether (sulfide) groups is 1. The van der Waals surface area contributed by atoms with E-state index in [1.165, 1.54) is 30.6 Å². The van der Waals surface area contributed by atoms with Gasteiger partial charge in [0.2, 0.25) is 0 Å². The highest BCUT2D eigenvalue weighted by atomic mass is 32.2. The average molecular weight is 254 g/mol. The summed E-state index contributed by atoms with van der Waals surface area (Å²) in [5.41, 5.74) is 0.397. The van der Waals surface area contributed by atoms with Crippen LogP contribution in [0.3, 0.4) is 0 Å². The van der Waals surface area contributed by atoms with E-state index in [0.717, 1.165) is 12.8 Å². The zero-order chi connectivity index (χ0) is 12.5. The highest BCUT2D eigenvalue weighted by Crippen LogP contribution is 2.08. The van der Waals surface area contributed by atoms with E-state index in [4.69, 9.17) is 0 Å². The molecule has 1 rings (SSSR count). The van der Waals surface area contributed by atoms with Crippen LogP contribution in [0, 0.1) is 0 Å². The first-order valence-electron chi connectivity index (χ1n) is 5.65. The van der Waals surface area contributed by atoms with Gasteiger partial charge in [-0.05, 0) is 30.9 Å². The van der Waals surface area contributed by atoms with Crippen molar-refractivity contribution in [3.8, 4) is 5.75 Å². The summed E-state index contributed by atoms with van der Waals surface area (Å²) in [7, 11) is 0. The second kappa shape index (κ2) is 7.95. The van der Waals surface area contributed by atoms with Gasteiger partial charge in [0.25, 0.3) is 5.91 Å². The van der Waals surface area contributed by atoms with Crippen molar-refractivity contribution in [3.05, 3.63) is 24.0 Å². The Labute approximate surface area is 106 Å². The molecule has 0 radical (unpaired) electrons. The van der Waals surface area contributed by atoms with Crippen LogP contribution in [-0.4, -0.2) is 34.6 Å². The lowest BCUT2D eigenvalue weighted by Crippen LogP contribution is -2.24. The SMILES string of the molecule is CSCCCCCNC(=O)c1cncc(O)c1. The molecule has 0 atom stereocenters. The zero-order valence-electron chi connectivity index (χ0n) is 9.98. The van der Waals surface area contributed by atoms with Crippen LogP contribution in [0.5, 0.6) is 5.75 Å². The minimum Gasteiger partial charge on any atom is -0.506 e. The Bertz CT molecular complexity index is 358. The molecule has 17 heavy (non-hydrogen) atoms. The van der Waals surface area contributed by atoms with Gasteiger partial charge in [0.05, 0.1) is 11.8 Å². The second-order valence-corrected chi connectivity index (χ2v) is 4.73. The molecule has 0 aliphatic heterocycles. The Morgan fingerprint density at radius 2 is 2.24 bits per heavy atom. The largest absolute Gasteiger partial charge is 0.506 e. The third-order valence-electron chi connectivity index (χ3n) is 2.30. The molecule has 0 saturated heterocycles. The maximum absolute atomic E-state index is 11.6. The summed E-state index contributed by atoms with van der Waals surface area (Å²) in [6.45, 7) is 0.670. The van der Waals surface area contributed by atoms with Crippen molar-refractivity contribution in [3.63, 3.8) is 0 Å². The molecule has 4 nitrogen and oxygen atoms in total. The van der Waals surface area contributed by atoms with Gasteiger partial charge in [-0.2, -0.15) is 11.8 Å². The van der Waals surface area contributed by atoms with E-state index >= 15 is 0 Å². The van der Waals surface area contributed by atoms with Crippen LogP contribution in [-0.2, 0) is 0 Å². The first kappa shape index (κ1) is 13.8. The normalized spacial score (nSPS) is 10.2. The lowest BCUT2D eigenvalue weighted by Gasteiger charge is -2.04. The van der Waals surface area contributed by atoms with Gasteiger partial charge in [-0.1, -0.05) is 6.42 Å². The Morgan fingerprint density at radius 1 is 1.41 bits per heavy atom. The number of carbonyl (C=O) groups excluding carboxylic acids is 1. The second-order valence-electron chi connectivity index (χ2n) is 3.74. The van der Waals surface area contributed by atoms with Crippen LogP contribution >= 0.6 is 11.8 Å². The Kier molecular flexibility index (Phi) is 6.47. The van der Waals surface area contributed by atoms with Gasteiger partial charge in [-0.15, -0.1) is 0 Å². The molecule has 0 aromatic carbocycles. The van der Waals surface area contributed by atoms with Crippen LogP contribution in [0.25, 0.3) is 0 Å². The van der Waals surface area contributed by atoms with Gasteiger partial charge in [0.15, 0.2) is 0 Å². The number of hydrogen-bond acceptors (Lipinski definition) is 4. The number of rotatable bonds is 7. The van der Waals surface area contributed by atoms with Gasteiger partial charge in [-0.25, -0.2) is 0 Å². The quantitative estimate of drug-likeness (QED) is 0.731. The number of hydrogen-bond donors (Lipinski definition) is 2. The van der Waals surface area contributed by atoms with Crippen LogP contribution in [0.15, 0.2) is 18.5 Å². The molecule has 0 fully saturated rings. The average Bonchev–Trinajstić information content (AvgIpc) is 2.33. The lowest BCUT2D eigenvalue weighted by atomic mass is 10.2. The highest BCUT2D eigenvalue weighted by molar-refractivity contribution is 7.98. The predicted molar refractivity (Wildman–Crippen MR) is 70.5 cm³/mol. The number of aromatic nitrogens is 1. The molecule has 1 amide bonds. The third-order valence-corrected chi connectivity index (χ3v) is 2.99. The molecule has 0 aliphatic rings. The number of pyridine rings is 1. The van der Waals surface area contributed by atoms with Crippen molar-refractivity contribution >= 4 is 17.7 Å². The molecule has 5 heteroatoms. The van der Waals surface area contributed by atoms with E-state index in [1.807, 2.05) is 11.8 Å². The van der Waals surface area contributed by atoms with Crippen LogP contribution in [0.1, 0.15) is 29.6 Å². The van der Waals surface area contributed by atoms with Crippen LogP contribution in [0.2, 0.25) is 0 Å². The van der Waals surface area contributed by atoms with Crippen molar-refractivity contribution in [2.45, 2.75) is 19.3 Å². The summed E-state index contributed by atoms with van der Waals surface area (Å²) in [5, 5.41) is 12.0. The van der Waals surface area contributed by atoms with Gasteiger partial charge < -0.3 is 10.4 Å². The third kappa shape index (κ3) is 5.58. The number of nitrogens with zero attached hydrogens (tertiary/aromatic N) is 1. The molecule has 0 unspecified atom stereocenters. The van der Waals surface area contributed by atoms with E-state index in [2.05, 4.69) is 16.6 Å². The van der Waals surface area contributed by atoms with Crippen molar-refractivity contribution in [1.82, 2.24) is 10.3 Å². The van der Waals surface area contributed by atoms with E-state index in [0.29, 0.717) is 12.1 Å². The highest BCUT2D eigenvalue weighted by Gasteiger charge is 2.05. The first-order chi connectivity index (χ1) is 8.24. The molecule has 0 aliphatic carbocycles. The summed E-state index contributed by atoms with van der Waals surface area (Å²) < 4.78 is 0. The van der Waals surface area contributed by atoms with Gasteiger partial charge in [-0.3, -0.25) is 9.78 Å². The molecular weight excluding hydrogens is 236 g/mol. The summed E-state index contributed by atoms with van der Waals surface area (Å²) >= 11 is 1.84. The van der Waals surface area contributed by atoms with Gasteiger partial charge in [0, 0.05) is 12.7 Å². The summed E-state index contributed by atoms with van der Waals surface area (Å²) in [6, 6.07) is 1.41. The van der Waals surface area contributed by atoms with Crippen molar-refractivity contribution in [2.75, 3.05) is 18.6 Å². The predicted octanol–water partition coefficient (Wildman–Crippen LogP) is 2.05. The molecule has 94 valence electrons. The standard InChI is InChI=1S/C12H18N2O2S/c1-17-6-4-2-3-5-14-12(16)10-7-11(15)9-13-8-10/h7-9,15H,2-6H2,1H3,(H,14,16).